The highest BCUT2D eigenvalue weighted by Gasteiger charge is 2.22. The number of anilines is 1. The molecular formula is C23H22ClN3O. The summed E-state index contributed by atoms with van der Waals surface area (Å²) in [5, 5.41) is 13.2. The fraction of sp³-hybridized carbons (Fsp3) is 0.261. The van der Waals surface area contributed by atoms with E-state index in [1.54, 1.807) is 0 Å². The summed E-state index contributed by atoms with van der Waals surface area (Å²) in [5.41, 5.74) is 3.33. The minimum atomic E-state index is -0.286. The number of aliphatic hydroxyl groups excluding tert-OH is 1. The van der Waals surface area contributed by atoms with Gasteiger partial charge in [0.05, 0.1) is 17.1 Å². The first-order valence-corrected chi connectivity index (χ1v) is 10.1. The highest BCUT2D eigenvalue weighted by Crippen LogP contribution is 2.34. The third-order valence-corrected chi connectivity index (χ3v) is 5.76. The van der Waals surface area contributed by atoms with E-state index in [9.17, 15) is 5.11 Å². The zero-order valence-corrected chi connectivity index (χ0v) is 16.3. The minimum absolute atomic E-state index is 0.286. The maximum absolute atomic E-state index is 10.2. The molecule has 2 aromatic heterocycles. The van der Waals surface area contributed by atoms with E-state index in [-0.39, 0.29) is 6.10 Å². The summed E-state index contributed by atoms with van der Waals surface area (Å²) in [6.07, 6.45) is 3.69. The molecule has 0 saturated carbocycles. The lowest BCUT2D eigenvalue weighted by atomic mass is 10.1. The number of piperidine rings is 1. The van der Waals surface area contributed by atoms with Crippen molar-refractivity contribution in [3.8, 4) is 0 Å². The molecule has 1 aliphatic rings. The second kappa shape index (κ2) is 7.12. The summed E-state index contributed by atoms with van der Waals surface area (Å²) in [7, 11) is 0. The Labute approximate surface area is 169 Å². The summed E-state index contributed by atoms with van der Waals surface area (Å²) >= 11 is 6.19. The van der Waals surface area contributed by atoms with Gasteiger partial charge < -0.3 is 14.6 Å². The number of rotatable bonds is 3. The fourth-order valence-electron chi connectivity index (χ4n) is 4.25. The van der Waals surface area contributed by atoms with Gasteiger partial charge >= 0.3 is 0 Å². The zero-order chi connectivity index (χ0) is 19.1. The highest BCUT2D eigenvalue weighted by molar-refractivity contribution is 6.30. The molecule has 1 N–H and O–H groups in total. The molecule has 5 heteroatoms. The van der Waals surface area contributed by atoms with Gasteiger partial charge in [0, 0.05) is 41.6 Å². The van der Waals surface area contributed by atoms with Crippen LogP contribution >= 0.6 is 11.6 Å². The predicted molar refractivity (Wildman–Crippen MR) is 115 cm³/mol. The molecule has 1 saturated heterocycles. The van der Waals surface area contributed by atoms with Gasteiger partial charge in [-0.1, -0.05) is 41.9 Å². The molecule has 5 rings (SSSR count). The second-order valence-corrected chi connectivity index (χ2v) is 7.97. The largest absolute Gasteiger partial charge is 0.391 e. The van der Waals surface area contributed by atoms with E-state index in [1.807, 2.05) is 24.3 Å². The molecule has 4 aromatic rings. The lowest BCUT2D eigenvalue weighted by Gasteiger charge is -2.31. The van der Waals surface area contributed by atoms with Crippen molar-refractivity contribution in [1.82, 2.24) is 9.55 Å². The predicted octanol–water partition coefficient (Wildman–Crippen LogP) is 4.85. The van der Waals surface area contributed by atoms with Gasteiger partial charge in [0.2, 0.25) is 0 Å². The van der Waals surface area contributed by atoms with Crippen LogP contribution in [0.15, 0.2) is 60.8 Å². The third kappa shape index (κ3) is 3.13. The fourth-order valence-corrected chi connectivity index (χ4v) is 4.46. The average Bonchev–Trinajstić information content (AvgIpc) is 3.11. The van der Waals surface area contributed by atoms with Crippen LogP contribution in [-0.4, -0.2) is 33.9 Å². The molecule has 1 fully saturated rings. The third-order valence-electron chi connectivity index (χ3n) is 5.53. The number of pyridine rings is 1. The standard InChI is InChI=1S/C23H22ClN3O/c24-17-6-3-5-16(13-17)14-26-12-10-20-22(26)19-8-1-2-9-21(19)25-23(20)27-11-4-7-18(28)15-27/h1-3,5-6,8-10,12-13,18,28H,4,7,11,14-15H2. The molecule has 1 unspecified atom stereocenters. The Morgan fingerprint density at radius 1 is 1.07 bits per heavy atom. The van der Waals surface area contributed by atoms with Crippen molar-refractivity contribution >= 4 is 39.2 Å². The van der Waals surface area contributed by atoms with Crippen molar-refractivity contribution in [1.29, 1.82) is 0 Å². The summed E-state index contributed by atoms with van der Waals surface area (Å²) in [6.45, 7) is 2.32. The quantitative estimate of drug-likeness (QED) is 0.542. The SMILES string of the molecule is OC1CCCN(c2nc3ccccc3c3c2ccn3Cc2cccc(Cl)c2)C1. The summed E-state index contributed by atoms with van der Waals surface area (Å²) in [5.74, 6) is 0.970. The normalized spacial score (nSPS) is 17.5. The molecule has 0 aliphatic carbocycles. The molecule has 0 amide bonds. The number of β-amino-alcohol motifs (C(OH)–C–C–N with tert-alkyl or cyclic N) is 1. The number of fused-ring (bicyclic) bond motifs is 3. The molecule has 1 aliphatic heterocycles. The number of halogens is 1. The molecular weight excluding hydrogens is 370 g/mol. The van der Waals surface area contributed by atoms with Gasteiger partial charge in [0.15, 0.2) is 0 Å². The number of aromatic nitrogens is 2. The lowest BCUT2D eigenvalue weighted by molar-refractivity contribution is 0.154. The van der Waals surface area contributed by atoms with Gasteiger partial charge in [0.25, 0.3) is 0 Å². The van der Waals surface area contributed by atoms with Crippen molar-refractivity contribution in [2.24, 2.45) is 0 Å². The maximum atomic E-state index is 10.2. The van der Waals surface area contributed by atoms with E-state index >= 15 is 0 Å². The Morgan fingerprint density at radius 2 is 1.96 bits per heavy atom. The monoisotopic (exact) mass is 391 g/mol. The van der Waals surface area contributed by atoms with E-state index in [0.717, 1.165) is 53.1 Å². The molecule has 3 heterocycles. The number of nitrogens with zero attached hydrogens (tertiary/aromatic N) is 3. The number of aliphatic hydroxyl groups is 1. The van der Waals surface area contributed by atoms with Crippen LogP contribution in [0.4, 0.5) is 5.82 Å². The molecule has 4 nitrogen and oxygen atoms in total. The van der Waals surface area contributed by atoms with Gasteiger partial charge in [-0.05, 0) is 42.7 Å². The molecule has 0 bridgehead atoms. The van der Waals surface area contributed by atoms with E-state index in [0.29, 0.717) is 6.54 Å². The first-order chi connectivity index (χ1) is 13.7. The van der Waals surface area contributed by atoms with Gasteiger partial charge in [0.1, 0.15) is 5.82 Å². The molecule has 0 spiro atoms. The number of benzene rings is 2. The summed E-state index contributed by atoms with van der Waals surface area (Å²) < 4.78 is 2.27. The van der Waals surface area contributed by atoms with Crippen molar-refractivity contribution in [2.75, 3.05) is 18.0 Å². The van der Waals surface area contributed by atoms with Crippen molar-refractivity contribution in [2.45, 2.75) is 25.5 Å². The number of para-hydroxylation sites is 1. The van der Waals surface area contributed by atoms with Crippen LogP contribution in [0.5, 0.6) is 0 Å². The highest BCUT2D eigenvalue weighted by atomic mass is 35.5. The number of hydrogen-bond acceptors (Lipinski definition) is 3. The molecule has 142 valence electrons. The number of hydrogen-bond donors (Lipinski definition) is 1. The van der Waals surface area contributed by atoms with Crippen LogP contribution in [0.25, 0.3) is 21.8 Å². The first-order valence-electron chi connectivity index (χ1n) is 9.74. The average molecular weight is 392 g/mol. The van der Waals surface area contributed by atoms with Gasteiger partial charge in [-0.2, -0.15) is 0 Å². The zero-order valence-electron chi connectivity index (χ0n) is 15.6. The van der Waals surface area contributed by atoms with E-state index in [1.165, 1.54) is 11.1 Å². The Bertz CT molecular complexity index is 1150. The van der Waals surface area contributed by atoms with Crippen LogP contribution < -0.4 is 4.90 Å². The van der Waals surface area contributed by atoms with Crippen LogP contribution in [-0.2, 0) is 6.54 Å². The van der Waals surface area contributed by atoms with Gasteiger partial charge in [-0.3, -0.25) is 0 Å². The van der Waals surface area contributed by atoms with Crippen LogP contribution in [0.2, 0.25) is 5.02 Å². The Kier molecular flexibility index (Phi) is 4.46. The van der Waals surface area contributed by atoms with Crippen LogP contribution in [0.3, 0.4) is 0 Å². The van der Waals surface area contributed by atoms with E-state index in [2.05, 4.69) is 46.0 Å². The first kappa shape index (κ1) is 17.5. The van der Waals surface area contributed by atoms with Gasteiger partial charge in [-0.25, -0.2) is 4.98 Å². The van der Waals surface area contributed by atoms with Crippen molar-refractivity contribution in [3.63, 3.8) is 0 Å². The molecule has 28 heavy (non-hydrogen) atoms. The summed E-state index contributed by atoms with van der Waals surface area (Å²) in [6, 6.07) is 18.4. The van der Waals surface area contributed by atoms with E-state index < -0.39 is 0 Å². The lowest BCUT2D eigenvalue weighted by Crippen LogP contribution is -2.38. The minimum Gasteiger partial charge on any atom is -0.391 e. The smallest absolute Gasteiger partial charge is 0.138 e. The molecule has 2 aromatic carbocycles. The molecule has 0 radical (unpaired) electrons. The Hall–Kier alpha value is -2.56. The van der Waals surface area contributed by atoms with Crippen LogP contribution in [0.1, 0.15) is 18.4 Å². The Morgan fingerprint density at radius 3 is 2.82 bits per heavy atom. The summed E-state index contributed by atoms with van der Waals surface area (Å²) in [4.78, 5) is 7.21. The van der Waals surface area contributed by atoms with Crippen LogP contribution in [0, 0.1) is 0 Å². The second-order valence-electron chi connectivity index (χ2n) is 7.53. The molecule has 1 atom stereocenters. The van der Waals surface area contributed by atoms with Crippen molar-refractivity contribution < 1.29 is 5.11 Å². The maximum Gasteiger partial charge on any atom is 0.138 e. The Balaban J connectivity index is 1.68. The van der Waals surface area contributed by atoms with E-state index in [4.69, 9.17) is 16.6 Å². The van der Waals surface area contributed by atoms with Crippen molar-refractivity contribution in [3.05, 3.63) is 71.4 Å². The topological polar surface area (TPSA) is 41.3 Å². The van der Waals surface area contributed by atoms with Gasteiger partial charge in [-0.15, -0.1) is 0 Å².